The fourth-order valence-electron chi connectivity index (χ4n) is 1.09. The molecule has 0 radical (unpaired) electrons. The summed E-state index contributed by atoms with van der Waals surface area (Å²) in [5.41, 5.74) is 0.812. The van der Waals surface area contributed by atoms with Crippen LogP contribution in [0.4, 0.5) is 22.4 Å². The number of ether oxygens (including phenoxy) is 2. The third-order valence-electron chi connectivity index (χ3n) is 1.81. The zero-order chi connectivity index (χ0) is 18.4. The van der Waals surface area contributed by atoms with Gasteiger partial charge in [0.15, 0.2) is 11.6 Å². The Balaban J connectivity index is 0.000000468. The van der Waals surface area contributed by atoms with E-state index in [1.807, 2.05) is 0 Å². The lowest BCUT2D eigenvalue weighted by Crippen LogP contribution is -2.30. The smallest absolute Gasteiger partial charge is 0.431 e. The number of carbonyl (C=O) groups excluding carboxylic acids is 2. The minimum absolute atomic E-state index is 0.0255. The van der Waals surface area contributed by atoms with Crippen molar-refractivity contribution in [3.05, 3.63) is 29.3 Å². The minimum Gasteiger partial charge on any atom is -0.442 e. The summed E-state index contributed by atoms with van der Waals surface area (Å²) in [5.74, 6) is -9.17. The number of halogens is 4. The molecule has 6 nitrogen and oxygen atoms in total. The number of nitrogens with one attached hydrogen (secondary N) is 1. The number of hydrogen-bond donors (Lipinski definition) is 2. The van der Waals surface area contributed by atoms with Crippen LogP contribution in [0.25, 0.3) is 0 Å². The van der Waals surface area contributed by atoms with Gasteiger partial charge < -0.3 is 9.47 Å². The average molecular weight is 341 g/mol. The lowest BCUT2D eigenvalue weighted by molar-refractivity contribution is -0.132. The number of hydrogen-bond acceptors (Lipinski definition) is 5. The number of hydroxylamine groups is 1. The highest BCUT2D eigenvalue weighted by atomic mass is 19.2. The summed E-state index contributed by atoms with van der Waals surface area (Å²) >= 11 is 0. The highest BCUT2D eigenvalue weighted by Gasteiger charge is 2.21. The molecular weight excluding hydrogens is 326 g/mol. The zero-order valence-corrected chi connectivity index (χ0v) is 12.7. The average Bonchev–Trinajstić information content (AvgIpc) is 2.40. The van der Waals surface area contributed by atoms with E-state index in [2.05, 4.69) is 9.47 Å². The molecule has 0 aliphatic heterocycles. The number of benzene rings is 1. The number of amides is 1. The van der Waals surface area contributed by atoms with E-state index in [9.17, 15) is 27.2 Å². The molecule has 0 fully saturated rings. The maximum Gasteiger partial charge on any atom is 0.431 e. The van der Waals surface area contributed by atoms with E-state index in [1.165, 1.54) is 5.48 Å². The second-order valence-corrected chi connectivity index (χ2v) is 5.00. The number of rotatable bonds is 1. The molecule has 0 bridgehead atoms. The van der Waals surface area contributed by atoms with E-state index in [0.717, 1.165) is 6.92 Å². The van der Waals surface area contributed by atoms with E-state index in [4.69, 9.17) is 5.21 Å². The topological polar surface area (TPSA) is 84.9 Å². The Hall–Kier alpha value is -2.36. The van der Waals surface area contributed by atoms with Crippen LogP contribution >= 0.6 is 0 Å². The Morgan fingerprint density at radius 1 is 1.09 bits per heavy atom. The van der Waals surface area contributed by atoms with Gasteiger partial charge in [-0.25, -0.2) is 19.1 Å². The van der Waals surface area contributed by atoms with Gasteiger partial charge in [0, 0.05) is 13.0 Å². The maximum absolute atomic E-state index is 12.7. The van der Waals surface area contributed by atoms with Crippen molar-refractivity contribution in [2.45, 2.75) is 33.3 Å². The van der Waals surface area contributed by atoms with Gasteiger partial charge in [-0.1, -0.05) is 0 Å². The summed E-state index contributed by atoms with van der Waals surface area (Å²) in [7, 11) is 0. The first-order valence-electron chi connectivity index (χ1n) is 6.03. The van der Waals surface area contributed by atoms with Gasteiger partial charge in [-0.05, 0) is 20.8 Å². The van der Waals surface area contributed by atoms with Gasteiger partial charge in [0.1, 0.15) is 5.60 Å². The van der Waals surface area contributed by atoms with Gasteiger partial charge in [-0.2, -0.15) is 8.78 Å². The molecule has 1 aromatic carbocycles. The van der Waals surface area contributed by atoms with Crippen molar-refractivity contribution in [1.82, 2.24) is 5.48 Å². The highest BCUT2D eigenvalue weighted by Crippen LogP contribution is 2.26. The largest absolute Gasteiger partial charge is 0.442 e. The second kappa shape index (κ2) is 8.32. The second-order valence-electron chi connectivity index (χ2n) is 5.00. The van der Waals surface area contributed by atoms with Gasteiger partial charge >= 0.3 is 12.1 Å². The third kappa shape index (κ3) is 7.45. The Morgan fingerprint density at radius 2 is 1.52 bits per heavy atom. The third-order valence-corrected chi connectivity index (χ3v) is 1.81. The molecule has 0 atom stereocenters. The quantitative estimate of drug-likeness (QED) is 0.205. The summed E-state index contributed by atoms with van der Waals surface area (Å²) in [6.07, 6.45) is -0.831. The van der Waals surface area contributed by atoms with E-state index < -0.39 is 46.7 Å². The fourth-order valence-corrected chi connectivity index (χ4v) is 1.09. The van der Waals surface area contributed by atoms with Gasteiger partial charge in [-0.3, -0.25) is 10.0 Å². The lowest BCUT2D eigenvalue weighted by Gasteiger charge is -2.17. The molecule has 0 unspecified atom stereocenters. The molecule has 0 aliphatic carbocycles. The fraction of sp³-hybridized carbons (Fsp3) is 0.385. The molecule has 130 valence electrons. The summed E-state index contributed by atoms with van der Waals surface area (Å²) in [5, 5.41) is 7.97. The predicted molar refractivity (Wildman–Crippen MR) is 68.7 cm³/mol. The zero-order valence-electron chi connectivity index (χ0n) is 12.7. The van der Waals surface area contributed by atoms with Crippen LogP contribution in [0.2, 0.25) is 0 Å². The number of esters is 1. The van der Waals surface area contributed by atoms with Crippen molar-refractivity contribution in [2.24, 2.45) is 0 Å². The number of carbonyl (C=O) groups is 2. The summed E-state index contributed by atoms with van der Waals surface area (Å²) < 4.78 is 59.0. The first-order valence-corrected chi connectivity index (χ1v) is 6.03. The van der Waals surface area contributed by atoms with Crippen molar-refractivity contribution in [2.75, 3.05) is 0 Å². The van der Waals surface area contributed by atoms with E-state index in [1.54, 1.807) is 20.8 Å². The van der Waals surface area contributed by atoms with Crippen LogP contribution in [0.3, 0.4) is 0 Å². The molecule has 23 heavy (non-hydrogen) atoms. The molecule has 0 spiro atoms. The molecule has 2 N–H and O–H groups in total. The van der Waals surface area contributed by atoms with Crippen molar-refractivity contribution in [1.29, 1.82) is 0 Å². The monoisotopic (exact) mass is 341 g/mol. The van der Waals surface area contributed by atoms with Crippen molar-refractivity contribution in [3.63, 3.8) is 0 Å². The van der Waals surface area contributed by atoms with E-state index >= 15 is 0 Å². The van der Waals surface area contributed by atoms with Gasteiger partial charge in [0.25, 0.3) is 0 Å². The highest BCUT2D eigenvalue weighted by molar-refractivity contribution is 5.69. The maximum atomic E-state index is 12.7. The van der Waals surface area contributed by atoms with Gasteiger partial charge in [-0.15, -0.1) is 0 Å². The Morgan fingerprint density at radius 3 is 1.78 bits per heavy atom. The Bertz CT molecular complexity index is 560. The van der Waals surface area contributed by atoms with E-state index in [0.29, 0.717) is 0 Å². The summed E-state index contributed by atoms with van der Waals surface area (Å²) in [6.45, 7) is 5.98. The van der Waals surface area contributed by atoms with Crippen LogP contribution < -0.4 is 10.2 Å². The molecule has 0 saturated carbocycles. The molecule has 0 saturated heterocycles. The Labute approximate surface area is 129 Å². The van der Waals surface area contributed by atoms with Gasteiger partial charge in [0.05, 0.1) is 0 Å². The standard InChI is InChI=1S/C8H4F4O2.C5H11NO3/c1-3(13)14-8-6(11)4(9)2-5(10)7(8)12;1-5(2,3)9-4(7)6-8/h2H,1H3;8H,1-3H3,(H,6,7). The van der Waals surface area contributed by atoms with Crippen molar-refractivity contribution in [3.8, 4) is 5.75 Å². The summed E-state index contributed by atoms with van der Waals surface area (Å²) in [4.78, 5) is 20.6. The molecule has 0 heterocycles. The SMILES string of the molecule is CC(=O)Oc1c(F)c(F)cc(F)c1F.CC(C)(C)OC(=O)NO. The van der Waals surface area contributed by atoms with Crippen LogP contribution in [0.15, 0.2) is 6.07 Å². The molecule has 10 heteroatoms. The normalized spacial score (nSPS) is 10.3. The molecule has 1 aromatic rings. The van der Waals surface area contributed by atoms with Gasteiger partial charge in [0.2, 0.25) is 17.4 Å². The molecular formula is C13H15F4NO5. The van der Waals surface area contributed by atoms with Crippen LogP contribution in [0, 0.1) is 23.3 Å². The van der Waals surface area contributed by atoms with Crippen LogP contribution in [0.5, 0.6) is 5.75 Å². The minimum atomic E-state index is -1.74. The van der Waals surface area contributed by atoms with Crippen molar-refractivity contribution >= 4 is 12.1 Å². The van der Waals surface area contributed by atoms with Crippen LogP contribution in [-0.2, 0) is 9.53 Å². The Kier molecular flexibility index (Phi) is 7.47. The van der Waals surface area contributed by atoms with E-state index in [-0.39, 0.29) is 6.07 Å². The first-order chi connectivity index (χ1) is 10.4. The molecule has 0 aromatic heterocycles. The van der Waals surface area contributed by atoms with Crippen LogP contribution in [0.1, 0.15) is 27.7 Å². The summed E-state index contributed by atoms with van der Waals surface area (Å²) in [6, 6.07) is 0.0255. The predicted octanol–water partition coefficient (Wildman–Crippen LogP) is 3.07. The molecule has 1 rings (SSSR count). The first kappa shape index (κ1) is 20.6. The van der Waals surface area contributed by atoms with Crippen LogP contribution in [-0.4, -0.2) is 22.9 Å². The van der Waals surface area contributed by atoms with Crippen molar-refractivity contribution < 1.29 is 41.8 Å². The molecule has 0 aliphatic rings. The molecule has 1 amide bonds. The lowest BCUT2D eigenvalue weighted by atomic mass is 10.2.